The van der Waals surface area contributed by atoms with E-state index in [-0.39, 0.29) is 99.9 Å². The van der Waals surface area contributed by atoms with Crippen molar-refractivity contribution in [2.24, 2.45) is 0 Å². The van der Waals surface area contributed by atoms with Crippen LogP contribution in [0.1, 0.15) is 214 Å². The minimum Gasteiger partial charge on any atom is -1.00 e. The summed E-state index contributed by atoms with van der Waals surface area (Å²) in [6.07, 6.45) is 28.1. The zero-order valence-corrected chi connectivity index (χ0v) is 63.8. The number of benzene rings is 4. The Morgan fingerprint density at radius 3 is 0.690 bits per heavy atom. The molecule has 0 aliphatic heterocycles. The molecule has 0 aliphatic rings. The van der Waals surface area contributed by atoms with Crippen molar-refractivity contribution in [1.82, 2.24) is 0 Å². The van der Waals surface area contributed by atoms with Gasteiger partial charge in [0.05, 0.1) is 0 Å². The van der Waals surface area contributed by atoms with Gasteiger partial charge in [-0.3, -0.25) is 0 Å². The Morgan fingerprint density at radius 1 is 0.286 bits per heavy atom. The van der Waals surface area contributed by atoms with Gasteiger partial charge in [0.25, 0.3) is 0 Å². The summed E-state index contributed by atoms with van der Waals surface area (Å²) in [5.74, 6) is 0. The van der Waals surface area contributed by atoms with Gasteiger partial charge >= 0.3 is 43.4 Å². The first-order valence-electron chi connectivity index (χ1n) is 31.8. The van der Waals surface area contributed by atoms with E-state index in [9.17, 15) is 0 Å². The summed E-state index contributed by atoms with van der Waals surface area (Å²) in [4.78, 5) is 0. The molecule has 460 valence electrons. The molecule has 0 aromatic heterocycles. The SMILES string of the molecule is CC(C)(C)P(c1cc2ccccc2[cH-]1)C(C)(C)C.CC(C)(C)P(c1cc2ccccc2[cH-]1)C(C)(C)C.CCCCCCP(CCCCCC)c1cc2ccccc2[cH-]1.CCCCCCP(CCCCCC)c1cc2ccccc2[cH-]1.[Cl-].[Cl-].[Ti+2].[Ti+2]. The van der Waals surface area contributed by atoms with Crippen molar-refractivity contribution in [3.05, 3.63) is 146 Å². The van der Waals surface area contributed by atoms with Crippen LogP contribution in [0, 0.1) is 0 Å². The number of rotatable bonds is 24. The first-order chi connectivity index (χ1) is 38.1. The van der Waals surface area contributed by atoms with Crippen molar-refractivity contribution in [2.45, 2.75) is 234 Å². The van der Waals surface area contributed by atoms with Gasteiger partial charge in [-0.2, -0.15) is 24.3 Å². The summed E-state index contributed by atoms with van der Waals surface area (Å²) in [6.45, 7) is 37.7. The van der Waals surface area contributed by atoms with Crippen molar-refractivity contribution in [3.8, 4) is 0 Å². The van der Waals surface area contributed by atoms with Gasteiger partial charge in [0, 0.05) is 0 Å². The van der Waals surface area contributed by atoms with E-state index in [1.807, 2.05) is 0 Å². The molecule has 0 amide bonds. The summed E-state index contributed by atoms with van der Waals surface area (Å²) in [5.41, 5.74) is 0. The largest absolute Gasteiger partial charge is 2.00 e. The van der Waals surface area contributed by atoms with E-state index in [2.05, 4.69) is 256 Å². The van der Waals surface area contributed by atoms with Gasteiger partial charge in [0.15, 0.2) is 0 Å². The van der Waals surface area contributed by atoms with Crippen LogP contribution < -0.4 is 46.0 Å². The van der Waals surface area contributed by atoms with Crippen LogP contribution in [0.4, 0.5) is 0 Å². The molecule has 0 unspecified atom stereocenters. The zero-order valence-electron chi connectivity index (χ0n) is 55.5. The van der Waals surface area contributed by atoms with Crippen LogP contribution in [0.3, 0.4) is 0 Å². The fourth-order valence-corrected chi connectivity index (χ4v) is 25.8. The van der Waals surface area contributed by atoms with Crippen LogP contribution in [0.2, 0.25) is 0 Å². The van der Waals surface area contributed by atoms with Crippen molar-refractivity contribution in [2.75, 3.05) is 24.6 Å². The molecule has 0 atom stereocenters. The molecule has 0 nitrogen and oxygen atoms in total. The monoisotopic (exact) mass is 1310 g/mol. The maximum absolute atomic E-state index is 2.47. The normalized spacial score (nSPS) is 11.9. The van der Waals surface area contributed by atoms with Crippen LogP contribution >= 0.6 is 31.7 Å². The van der Waals surface area contributed by atoms with E-state index < -0.39 is 0 Å². The number of fused-ring (bicyclic) bond motifs is 4. The van der Waals surface area contributed by atoms with Crippen LogP contribution in [0.5, 0.6) is 0 Å². The van der Waals surface area contributed by atoms with Gasteiger partial charge < -0.3 is 24.8 Å². The minimum atomic E-state index is -0.185. The summed E-state index contributed by atoms with van der Waals surface area (Å²) in [6, 6.07) is 54.6. The third-order valence-corrected chi connectivity index (χ3v) is 27.8. The maximum Gasteiger partial charge on any atom is 2.00 e. The summed E-state index contributed by atoms with van der Waals surface area (Å²) in [7, 11) is -0.241. The molecule has 0 radical (unpaired) electrons. The van der Waals surface area contributed by atoms with E-state index in [4.69, 9.17) is 0 Å². The third-order valence-electron chi connectivity index (χ3n) is 15.5. The second kappa shape index (κ2) is 40.7. The molecule has 0 saturated heterocycles. The summed E-state index contributed by atoms with van der Waals surface area (Å²) in [5, 5.41) is 19.1. The molecule has 0 bridgehead atoms. The number of hydrogen-bond donors (Lipinski definition) is 0. The van der Waals surface area contributed by atoms with Gasteiger partial charge in [-0.05, 0) is 71.0 Å². The van der Waals surface area contributed by atoms with E-state index in [1.54, 1.807) is 21.2 Å². The number of halogens is 2. The second-order valence-electron chi connectivity index (χ2n) is 26.9. The Morgan fingerprint density at radius 2 is 0.488 bits per heavy atom. The molecule has 8 heteroatoms. The Balaban J connectivity index is 0.000000553. The van der Waals surface area contributed by atoms with Crippen molar-refractivity contribution in [3.63, 3.8) is 0 Å². The molecule has 0 fully saturated rings. The Hall–Kier alpha value is -0.951. The smallest absolute Gasteiger partial charge is 1.00 e. The molecule has 0 aliphatic carbocycles. The molecule has 0 saturated carbocycles. The van der Waals surface area contributed by atoms with Crippen LogP contribution in [0.25, 0.3) is 43.1 Å². The van der Waals surface area contributed by atoms with E-state index in [0.29, 0.717) is 20.6 Å². The predicted molar refractivity (Wildman–Crippen MR) is 379 cm³/mol. The van der Waals surface area contributed by atoms with Gasteiger partial charge in [-0.1, -0.05) is 244 Å². The molecule has 8 aromatic rings. The van der Waals surface area contributed by atoms with E-state index in [0.717, 1.165) is 0 Å². The maximum atomic E-state index is 2.47. The first-order valence-corrected chi connectivity index (χ1v) is 37.9. The number of hydrogen-bond acceptors (Lipinski definition) is 0. The molecule has 8 aromatic carbocycles. The molecule has 0 spiro atoms. The fraction of sp³-hybridized carbons (Fsp3) is 0.526. The Kier molecular flexibility index (Phi) is 39.3. The Labute approximate surface area is 563 Å². The quantitative estimate of drug-likeness (QED) is 0.0245. The van der Waals surface area contributed by atoms with Crippen molar-refractivity contribution in [1.29, 1.82) is 0 Å². The number of unbranched alkanes of at least 4 members (excludes halogenated alkanes) is 12. The molecule has 0 heterocycles. The summed E-state index contributed by atoms with van der Waals surface area (Å²) < 4.78 is 0. The third kappa shape index (κ3) is 26.9. The van der Waals surface area contributed by atoms with E-state index in [1.165, 1.54) is 170 Å². The molecular weight excluding hydrogens is 1200 g/mol. The molecule has 84 heavy (non-hydrogen) atoms. The van der Waals surface area contributed by atoms with Crippen LogP contribution in [-0.4, -0.2) is 45.3 Å². The predicted octanol–water partition coefficient (Wildman–Crippen LogP) is 18.2. The average molecular weight is 1320 g/mol. The van der Waals surface area contributed by atoms with Gasteiger partial charge in [-0.25, -0.2) is 0 Å². The Bertz CT molecular complexity index is 2560. The van der Waals surface area contributed by atoms with Crippen molar-refractivity contribution < 1.29 is 68.2 Å². The zero-order chi connectivity index (χ0) is 58.4. The fourth-order valence-electron chi connectivity index (χ4n) is 12.4. The standard InChI is InChI=1S/2C21H32P.2C17H24P.2ClH.2Ti/c2*1-3-5-7-11-15-22(16-12-8-6-4-2)21-17-19-13-9-10-14-20(19)18-21;2*1-16(2,3)18(17(4,5)6)15-11-13-9-7-8-10-14(13)12-15;;;;/h2*9-10,13-14,17-18H,3-8,11-12,15-16H2,1-2H3;2*7-12H,1-6H3;2*1H;;/q4*-1;;;2*+2/p-2. The summed E-state index contributed by atoms with van der Waals surface area (Å²) >= 11 is 0. The average Bonchev–Trinajstić information content (AvgIpc) is 4.24. The molecular formula is C76H112Cl2P4Ti2-2. The molecule has 0 N–H and O–H groups in total. The van der Waals surface area contributed by atoms with Gasteiger partial charge in [0.1, 0.15) is 0 Å². The first kappa shape index (κ1) is 81.1. The van der Waals surface area contributed by atoms with Crippen LogP contribution in [-0.2, 0) is 43.4 Å². The second-order valence-corrected chi connectivity index (χ2v) is 39.7. The van der Waals surface area contributed by atoms with Gasteiger partial charge in [0.2, 0.25) is 0 Å². The van der Waals surface area contributed by atoms with Crippen LogP contribution in [0.15, 0.2) is 146 Å². The van der Waals surface area contributed by atoms with Gasteiger partial charge in [-0.15, -0.1) is 161 Å². The van der Waals surface area contributed by atoms with Crippen molar-refractivity contribution >= 4 is 96.0 Å². The molecule has 8 rings (SSSR count). The van der Waals surface area contributed by atoms with E-state index >= 15 is 0 Å². The topological polar surface area (TPSA) is 0 Å². The minimum absolute atomic E-state index is 0.